The van der Waals surface area contributed by atoms with Gasteiger partial charge in [-0.15, -0.1) is 10.2 Å². The lowest BCUT2D eigenvalue weighted by Crippen LogP contribution is -2.38. The third kappa shape index (κ3) is 2.78. The van der Waals surface area contributed by atoms with Crippen molar-refractivity contribution in [1.82, 2.24) is 19.5 Å². The van der Waals surface area contributed by atoms with Crippen molar-refractivity contribution in [3.8, 4) is 11.5 Å². The first-order valence-corrected chi connectivity index (χ1v) is 9.26. The quantitative estimate of drug-likeness (QED) is 0.679. The summed E-state index contributed by atoms with van der Waals surface area (Å²) in [5, 5.41) is 8.99. The molecule has 0 atom stereocenters. The van der Waals surface area contributed by atoms with E-state index in [9.17, 15) is 4.79 Å². The molecule has 1 amide bonds. The first-order valence-electron chi connectivity index (χ1n) is 8.89. The fraction of sp³-hybridized carbons (Fsp3) is 0.316. The summed E-state index contributed by atoms with van der Waals surface area (Å²) in [6, 6.07) is 9.22. The number of pyridine rings is 1. The zero-order valence-electron chi connectivity index (χ0n) is 14.5. The highest BCUT2D eigenvalue weighted by molar-refractivity contribution is 6.32. The Morgan fingerprint density at radius 2 is 2.00 bits per heavy atom. The number of benzene rings is 1. The fourth-order valence-corrected chi connectivity index (χ4v) is 4.02. The summed E-state index contributed by atoms with van der Waals surface area (Å²) in [7, 11) is 0. The van der Waals surface area contributed by atoms with Crippen LogP contribution in [0.3, 0.4) is 0 Å². The van der Waals surface area contributed by atoms with Crippen LogP contribution < -0.4 is 9.47 Å². The molecule has 5 rings (SSSR count). The molecule has 7 nitrogen and oxygen atoms in total. The zero-order chi connectivity index (χ0) is 18.4. The number of hydrogen-bond acceptors (Lipinski definition) is 5. The summed E-state index contributed by atoms with van der Waals surface area (Å²) in [4.78, 5) is 14.7. The largest absolute Gasteiger partial charge is 0.454 e. The molecule has 1 saturated heterocycles. The number of nitrogens with zero attached hydrogens (tertiary/aromatic N) is 4. The molecule has 1 aromatic carbocycles. The maximum Gasteiger partial charge on any atom is 0.254 e. The molecule has 27 heavy (non-hydrogen) atoms. The molecule has 0 unspecified atom stereocenters. The number of rotatable bonds is 2. The Morgan fingerprint density at radius 1 is 1.15 bits per heavy atom. The van der Waals surface area contributed by atoms with E-state index in [1.54, 1.807) is 12.1 Å². The van der Waals surface area contributed by atoms with Gasteiger partial charge in [0, 0.05) is 30.8 Å². The van der Waals surface area contributed by atoms with Gasteiger partial charge in [0.15, 0.2) is 17.1 Å². The van der Waals surface area contributed by atoms with Crippen LogP contribution in [0.4, 0.5) is 0 Å². The summed E-state index contributed by atoms with van der Waals surface area (Å²) < 4.78 is 12.7. The first kappa shape index (κ1) is 16.4. The molecule has 1 fully saturated rings. The number of likely N-dealkylation sites (tertiary alicyclic amines) is 1. The second kappa shape index (κ2) is 6.42. The minimum absolute atomic E-state index is 0.0419. The number of piperidine rings is 1. The number of amides is 1. The van der Waals surface area contributed by atoms with Crippen LogP contribution in [0.5, 0.6) is 11.5 Å². The lowest BCUT2D eigenvalue weighted by atomic mass is 9.95. The van der Waals surface area contributed by atoms with Gasteiger partial charge in [-0.05, 0) is 37.1 Å². The third-order valence-electron chi connectivity index (χ3n) is 5.16. The predicted molar refractivity (Wildman–Crippen MR) is 98.4 cm³/mol. The smallest absolute Gasteiger partial charge is 0.254 e. The molecule has 2 aromatic heterocycles. The monoisotopic (exact) mass is 384 g/mol. The van der Waals surface area contributed by atoms with E-state index in [0.717, 1.165) is 24.3 Å². The van der Waals surface area contributed by atoms with E-state index >= 15 is 0 Å². The SMILES string of the molecule is O=C(c1cc(Cl)c2c(c1)OCO2)N1CCC(c2nnc3ccccn23)CC1. The Balaban J connectivity index is 1.32. The van der Waals surface area contributed by atoms with Crippen LogP contribution >= 0.6 is 11.6 Å². The Hall–Kier alpha value is -2.80. The molecule has 2 aliphatic heterocycles. The molecule has 0 bridgehead atoms. The third-order valence-corrected chi connectivity index (χ3v) is 5.44. The molecule has 3 aromatic rings. The van der Waals surface area contributed by atoms with E-state index in [1.165, 1.54) is 0 Å². The second-order valence-corrected chi connectivity index (χ2v) is 7.15. The van der Waals surface area contributed by atoms with Gasteiger partial charge in [0.05, 0.1) is 5.02 Å². The fourth-order valence-electron chi connectivity index (χ4n) is 3.75. The normalized spacial score (nSPS) is 16.9. The van der Waals surface area contributed by atoms with Crippen molar-refractivity contribution in [2.45, 2.75) is 18.8 Å². The topological polar surface area (TPSA) is 69.0 Å². The van der Waals surface area contributed by atoms with Crippen LogP contribution in [0.2, 0.25) is 5.02 Å². The maximum atomic E-state index is 12.9. The van der Waals surface area contributed by atoms with Crippen molar-refractivity contribution < 1.29 is 14.3 Å². The number of ether oxygens (including phenoxy) is 2. The molecule has 0 spiro atoms. The van der Waals surface area contributed by atoms with Gasteiger partial charge in [-0.2, -0.15) is 0 Å². The lowest BCUT2D eigenvalue weighted by molar-refractivity contribution is 0.0710. The first-order chi connectivity index (χ1) is 13.2. The van der Waals surface area contributed by atoms with Gasteiger partial charge in [-0.1, -0.05) is 17.7 Å². The molecule has 0 N–H and O–H groups in total. The summed E-state index contributed by atoms with van der Waals surface area (Å²) >= 11 is 6.21. The highest BCUT2D eigenvalue weighted by Gasteiger charge is 2.29. The van der Waals surface area contributed by atoms with Gasteiger partial charge >= 0.3 is 0 Å². The molecular formula is C19H17ClN4O3. The molecule has 8 heteroatoms. The highest BCUT2D eigenvalue weighted by atomic mass is 35.5. The van der Waals surface area contributed by atoms with Crippen molar-refractivity contribution in [1.29, 1.82) is 0 Å². The number of aromatic nitrogens is 3. The number of fused-ring (bicyclic) bond motifs is 2. The minimum Gasteiger partial charge on any atom is -0.454 e. The van der Waals surface area contributed by atoms with Crippen molar-refractivity contribution in [2.75, 3.05) is 19.9 Å². The summed E-state index contributed by atoms with van der Waals surface area (Å²) in [6.45, 7) is 1.46. The maximum absolute atomic E-state index is 12.9. The van der Waals surface area contributed by atoms with Crippen molar-refractivity contribution in [3.05, 3.63) is 52.9 Å². The number of hydrogen-bond donors (Lipinski definition) is 0. The van der Waals surface area contributed by atoms with E-state index in [2.05, 4.69) is 10.2 Å². The molecule has 0 aliphatic carbocycles. The van der Waals surface area contributed by atoms with Crippen LogP contribution in [-0.2, 0) is 0 Å². The van der Waals surface area contributed by atoms with Gasteiger partial charge in [-0.25, -0.2) is 0 Å². The summed E-state index contributed by atoms with van der Waals surface area (Å²) in [5.74, 6) is 2.23. The van der Waals surface area contributed by atoms with Gasteiger partial charge in [0.2, 0.25) is 6.79 Å². The van der Waals surface area contributed by atoms with Crippen LogP contribution in [0.25, 0.3) is 5.65 Å². The van der Waals surface area contributed by atoms with Crippen LogP contribution in [-0.4, -0.2) is 45.3 Å². The number of halogens is 1. The van der Waals surface area contributed by atoms with Gasteiger partial charge in [0.1, 0.15) is 5.82 Å². The van der Waals surface area contributed by atoms with Gasteiger partial charge in [-0.3, -0.25) is 9.20 Å². The van der Waals surface area contributed by atoms with E-state index in [0.29, 0.717) is 35.2 Å². The van der Waals surface area contributed by atoms with Crippen LogP contribution in [0.15, 0.2) is 36.5 Å². The highest BCUT2D eigenvalue weighted by Crippen LogP contribution is 2.40. The number of carbonyl (C=O) groups excluding carboxylic acids is 1. The molecule has 138 valence electrons. The van der Waals surface area contributed by atoms with Crippen LogP contribution in [0.1, 0.15) is 34.9 Å². The average Bonchev–Trinajstić information content (AvgIpc) is 3.35. The second-order valence-electron chi connectivity index (χ2n) is 6.75. The van der Waals surface area contributed by atoms with Crippen LogP contribution in [0, 0.1) is 0 Å². The Kier molecular flexibility index (Phi) is 3.89. The zero-order valence-corrected chi connectivity index (χ0v) is 15.2. The van der Waals surface area contributed by atoms with Crippen molar-refractivity contribution >= 4 is 23.2 Å². The standard InChI is InChI=1S/C19H17ClN4O3/c20-14-9-13(10-15-17(14)27-11-26-15)19(25)23-7-4-12(5-8-23)18-22-21-16-3-1-2-6-24(16)18/h1-3,6,9-10,12H,4-5,7-8,11H2. The van der Waals surface area contributed by atoms with E-state index in [1.807, 2.05) is 33.7 Å². The van der Waals surface area contributed by atoms with E-state index < -0.39 is 0 Å². The molecule has 0 radical (unpaired) electrons. The van der Waals surface area contributed by atoms with E-state index in [-0.39, 0.29) is 18.6 Å². The summed E-state index contributed by atoms with van der Waals surface area (Å²) in [6.07, 6.45) is 3.68. The average molecular weight is 385 g/mol. The van der Waals surface area contributed by atoms with Gasteiger partial charge < -0.3 is 14.4 Å². The predicted octanol–water partition coefficient (Wildman–Crippen LogP) is 3.13. The van der Waals surface area contributed by atoms with E-state index in [4.69, 9.17) is 21.1 Å². The summed E-state index contributed by atoms with van der Waals surface area (Å²) in [5.41, 5.74) is 1.37. The van der Waals surface area contributed by atoms with Gasteiger partial charge in [0.25, 0.3) is 5.91 Å². The Bertz CT molecular complexity index is 1030. The lowest BCUT2D eigenvalue weighted by Gasteiger charge is -2.31. The Morgan fingerprint density at radius 3 is 2.85 bits per heavy atom. The molecule has 0 saturated carbocycles. The Labute approximate surface area is 160 Å². The molecule has 4 heterocycles. The minimum atomic E-state index is -0.0419. The molecular weight excluding hydrogens is 368 g/mol. The number of carbonyl (C=O) groups is 1. The van der Waals surface area contributed by atoms with Crippen molar-refractivity contribution in [2.24, 2.45) is 0 Å². The van der Waals surface area contributed by atoms with Crippen molar-refractivity contribution in [3.63, 3.8) is 0 Å². The molecule has 2 aliphatic rings.